The Morgan fingerprint density at radius 1 is 0.903 bits per heavy atom. The zero-order valence-electron chi connectivity index (χ0n) is 15.8. The largest absolute Gasteiger partial charge is 0.451 e. The molecule has 156 valence electrons. The van der Waals surface area contributed by atoms with Gasteiger partial charge in [-0.2, -0.15) is 0 Å². The average molecular weight is 438 g/mol. The molecule has 2 aromatic heterocycles. The molecule has 2 N–H and O–H groups in total. The van der Waals surface area contributed by atoms with E-state index >= 15 is 0 Å². The molecule has 8 nitrogen and oxygen atoms in total. The minimum atomic E-state index is -3.87. The van der Waals surface area contributed by atoms with E-state index < -0.39 is 15.9 Å². The first kappa shape index (κ1) is 20.2. The Hall–Kier alpha value is -4.05. The van der Waals surface area contributed by atoms with Crippen molar-refractivity contribution < 1.29 is 22.0 Å². The Bertz CT molecular complexity index is 1310. The Kier molecular flexibility index (Phi) is 5.46. The van der Waals surface area contributed by atoms with Gasteiger partial charge in [0.1, 0.15) is 11.6 Å². The van der Waals surface area contributed by atoms with Crippen molar-refractivity contribution in [3.05, 3.63) is 90.7 Å². The van der Waals surface area contributed by atoms with Crippen molar-refractivity contribution in [3.63, 3.8) is 0 Å². The summed E-state index contributed by atoms with van der Waals surface area (Å²) in [6.07, 6.45) is 2.83. The lowest BCUT2D eigenvalue weighted by Crippen LogP contribution is -2.15. The molecule has 31 heavy (non-hydrogen) atoms. The molecule has 0 bridgehead atoms. The molecule has 0 saturated carbocycles. The fraction of sp³-hybridized carbons (Fsp3) is 0. The van der Waals surface area contributed by atoms with Crippen LogP contribution in [-0.4, -0.2) is 24.3 Å². The first-order chi connectivity index (χ1) is 14.9. The molecule has 0 spiro atoms. The van der Waals surface area contributed by atoms with E-state index in [4.69, 9.17) is 4.42 Å². The van der Waals surface area contributed by atoms with E-state index in [0.717, 1.165) is 0 Å². The van der Waals surface area contributed by atoms with E-state index in [1.54, 1.807) is 24.3 Å². The van der Waals surface area contributed by atoms with Crippen LogP contribution in [0.5, 0.6) is 0 Å². The number of anilines is 2. The van der Waals surface area contributed by atoms with Crippen LogP contribution in [0.2, 0.25) is 0 Å². The van der Waals surface area contributed by atoms with Crippen molar-refractivity contribution in [1.82, 2.24) is 9.97 Å². The van der Waals surface area contributed by atoms with Crippen molar-refractivity contribution in [2.45, 2.75) is 4.90 Å². The molecule has 0 saturated heterocycles. The van der Waals surface area contributed by atoms with Crippen LogP contribution in [0.15, 0.2) is 88.4 Å². The summed E-state index contributed by atoms with van der Waals surface area (Å²) < 4.78 is 45.6. The van der Waals surface area contributed by atoms with Crippen molar-refractivity contribution >= 4 is 27.6 Å². The molecule has 0 aliphatic rings. The summed E-state index contributed by atoms with van der Waals surface area (Å²) in [7, 11) is -3.87. The van der Waals surface area contributed by atoms with Crippen LogP contribution in [0, 0.1) is 5.82 Å². The number of rotatable bonds is 6. The number of carbonyl (C=O) groups is 1. The van der Waals surface area contributed by atoms with E-state index in [2.05, 4.69) is 20.0 Å². The topological polar surface area (TPSA) is 114 Å². The average Bonchev–Trinajstić information content (AvgIpc) is 3.25. The minimum absolute atomic E-state index is 0.0189. The van der Waals surface area contributed by atoms with E-state index in [9.17, 15) is 17.6 Å². The van der Waals surface area contributed by atoms with E-state index in [1.165, 1.54) is 54.9 Å². The molecule has 0 fully saturated rings. The normalized spacial score (nSPS) is 11.1. The summed E-state index contributed by atoms with van der Waals surface area (Å²) >= 11 is 0. The zero-order valence-corrected chi connectivity index (χ0v) is 16.6. The molecule has 4 rings (SSSR count). The maximum absolute atomic E-state index is 13.0. The molecule has 4 aromatic rings. The van der Waals surface area contributed by atoms with Gasteiger partial charge in [-0.25, -0.2) is 27.5 Å². The van der Waals surface area contributed by atoms with Crippen LogP contribution >= 0.6 is 0 Å². The quantitative estimate of drug-likeness (QED) is 0.471. The lowest BCUT2D eigenvalue weighted by Gasteiger charge is -2.08. The number of aromatic nitrogens is 2. The third-order valence-corrected chi connectivity index (χ3v) is 5.52. The molecule has 0 atom stereocenters. The van der Waals surface area contributed by atoms with Gasteiger partial charge in [-0.3, -0.25) is 4.79 Å². The monoisotopic (exact) mass is 438 g/mol. The Morgan fingerprint density at radius 3 is 2.26 bits per heavy atom. The molecular formula is C21H15FN4O4S. The molecule has 2 heterocycles. The summed E-state index contributed by atoms with van der Waals surface area (Å²) in [4.78, 5) is 20.0. The highest BCUT2D eigenvalue weighted by molar-refractivity contribution is 7.92. The Balaban J connectivity index is 1.44. The highest BCUT2D eigenvalue weighted by atomic mass is 32.2. The lowest BCUT2D eigenvalue weighted by molar-refractivity contribution is 0.0997. The molecule has 10 heteroatoms. The maximum Gasteiger partial charge on any atom is 0.291 e. The number of halogens is 1. The Morgan fingerprint density at radius 2 is 1.58 bits per heavy atom. The van der Waals surface area contributed by atoms with Gasteiger partial charge in [-0.1, -0.05) is 0 Å². The minimum Gasteiger partial charge on any atom is -0.451 e. The second-order valence-corrected chi connectivity index (χ2v) is 8.01. The van der Waals surface area contributed by atoms with Crippen LogP contribution in [0.3, 0.4) is 0 Å². The third-order valence-electron chi connectivity index (χ3n) is 4.17. The van der Waals surface area contributed by atoms with Gasteiger partial charge in [-0.15, -0.1) is 0 Å². The number of nitrogens with one attached hydrogen (secondary N) is 2. The van der Waals surface area contributed by atoms with Crippen molar-refractivity contribution in [2.75, 3.05) is 10.0 Å². The number of sulfonamides is 1. The highest BCUT2D eigenvalue weighted by Gasteiger charge is 2.17. The van der Waals surface area contributed by atoms with Gasteiger partial charge >= 0.3 is 0 Å². The van der Waals surface area contributed by atoms with Gasteiger partial charge in [0, 0.05) is 23.6 Å². The molecule has 1 amide bonds. The second-order valence-electron chi connectivity index (χ2n) is 6.33. The second kappa shape index (κ2) is 8.36. The van der Waals surface area contributed by atoms with Gasteiger partial charge in [0.15, 0.2) is 5.76 Å². The summed E-state index contributed by atoms with van der Waals surface area (Å²) in [5, 5.41) is 2.63. The van der Waals surface area contributed by atoms with E-state index in [0.29, 0.717) is 17.0 Å². The first-order valence-electron chi connectivity index (χ1n) is 8.98. The number of benzene rings is 2. The Labute approximate surface area is 176 Å². The molecule has 0 radical (unpaired) electrons. The molecule has 0 unspecified atom stereocenters. The summed E-state index contributed by atoms with van der Waals surface area (Å²) in [6, 6.07) is 15.9. The predicted molar refractivity (Wildman–Crippen MR) is 111 cm³/mol. The smallest absolute Gasteiger partial charge is 0.291 e. The SMILES string of the molecule is O=C(Nc1ccc(S(=O)(=O)Nc2ncccn2)cc1)c1ccc(-c2ccc(F)cc2)o1. The number of furan rings is 1. The van der Waals surface area contributed by atoms with E-state index in [1.807, 2.05) is 0 Å². The van der Waals surface area contributed by atoms with Crippen LogP contribution in [-0.2, 0) is 10.0 Å². The van der Waals surface area contributed by atoms with Gasteiger partial charge in [0.2, 0.25) is 5.95 Å². The standard InChI is InChI=1S/C21H15FN4O4S/c22-15-4-2-14(3-5-15)18-10-11-19(30-18)20(27)25-16-6-8-17(9-7-16)31(28,29)26-21-23-12-1-13-24-21/h1-13H,(H,25,27)(H,23,24,26). The highest BCUT2D eigenvalue weighted by Crippen LogP contribution is 2.23. The lowest BCUT2D eigenvalue weighted by atomic mass is 10.2. The number of amides is 1. The van der Waals surface area contributed by atoms with Gasteiger partial charge in [-0.05, 0) is 66.7 Å². The number of hydrogen-bond donors (Lipinski definition) is 2. The van der Waals surface area contributed by atoms with Crippen LogP contribution in [0.4, 0.5) is 16.0 Å². The maximum atomic E-state index is 13.0. The first-order valence-corrected chi connectivity index (χ1v) is 10.5. The van der Waals surface area contributed by atoms with Crippen LogP contribution < -0.4 is 10.0 Å². The summed E-state index contributed by atoms with van der Waals surface area (Å²) in [6.45, 7) is 0. The fourth-order valence-electron chi connectivity index (χ4n) is 2.67. The third kappa shape index (κ3) is 4.75. The van der Waals surface area contributed by atoms with Crippen LogP contribution in [0.1, 0.15) is 10.6 Å². The summed E-state index contributed by atoms with van der Waals surface area (Å²) in [5.74, 6) is -0.459. The predicted octanol–water partition coefficient (Wildman–Crippen LogP) is 3.93. The van der Waals surface area contributed by atoms with Crippen molar-refractivity contribution in [2.24, 2.45) is 0 Å². The van der Waals surface area contributed by atoms with Gasteiger partial charge in [0.05, 0.1) is 4.90 Å². The fourth-order valence-corrected chi connectivity index (χ4v) is 3.63. The molecule has 0 aliphatic carbocycles. The van der Waals surface area contributed by atoms with Crippen LogP contribution in [0.25, 0.3) is 11.3 Å². The zero-order chi connectivity index (χ0) is 21.8. The summed E-state index contributed by atoms with van der Waals surface area (Å²) in [5.41, 5.74) is 1.00. The molecule has 2 aromatic carbocycles. The van der Waals surface area contributed by atoms with Crippen molar-refractivity contribution in [1.29, 1.82) is 0 Å². The number of nitrogens with zero attached hydrogens (tertiary/aromatic N) is 2. The van der Waals surface area contributed by atoms with Gasteiger partial charge in [0.25, 0.3) is 15.9 Å². The van der Waals surface area contributed by atoms with Crippen molar-refractivity contribution in [3.8, 4) is 11.3 Å². The van der Waals surface area contributed by atoms with Gasteiger partial charge < -0.3 is 9.73 Å². The van der Waals surface area contributed by atoms with E-state index in [-0.39, 0.29) is 22.4 Å². The molecule has 0 aliphatic heterocycles. The molecular weight excluding hydrogens is 423 g/mol. The number of carbonyl (C=O) groups excluding carboxylic acids is 1. The number of hydrogen-bond acceptors (Lipinski definition) is 6.